The lowest BCUT2D eigenvalue weighted by molar-refractivity contribution is -0.0971. The number of aromatic nitrogens is 2. The Morgan fingerprint density at radius 1 is 1.43 bits per heavy atom. The van der Waals surface area contributed by atoms with Crippen molar-refractivity contribution in [2.24, 2.45) is 5.73 Å². The van der Waals surface area contributed by atoms with Crippen molar-refractivity contribution in [2.75, 3.05) is 6.61 Å². The molecule has 0 amide bonds. The van der Waals surface area contributed by atoms with Crippen LogP contribution in [0.4, 0.5) is 0 Å². The highest BCUT2D eigenvalue weighted by molar-refractivity contribution is 5.23. The van der Waals surface area contributed by atoms with E-state index in [0.29, 0.717) is 0 Å². The van der Waals surface area contributed by atoms with Crippen LogP contribution in [0.5, 0.6) is 0 Å². The van der Waals surface area contributed by atoms with Gasteiger partial charge in [0.25, 0.3) is 5.56 Å². The van der Waals surface area contributed by atoms with Crippen LogP contribution in [0.15, 0.2) is 28.1 Å². The predicted molar refractivity (Wildman–Crippen MR) is 71.3 cm³/mol. The van der Waals surface area contributed by atoms with Crippen molar-refractivity contribution in [3.05, 3.63) is 44.9 Å². The predicted octanol–water partition coefficient (Wildman–Crippen LogP) is -2.77. The zero-order chi connectivity index (χ0) is 15.6. The van der Waals surface area contributed by atoms with Crippen LogP contribution in [0.2, 0.25) is 0 Å². The minimum atomic E-state index is -1.61. The Labute approximate surface area is 118 Å². The van der Waals surface area contributed by atoms with Gasteiger partial charge >= 0.3 is 5.69 Å². The number of nitrogens with two attached hydrogens (primary N) is 1. The summed E-state index contributed by atoms with van der Waals surface area (Å²) in [6.45, 7) is -0.534. The highest BCUT2D eigenvalue weighted by Gasteiger charge is 2.55. The molecule has 2 heterocycles. The van der Waals surface area contributed by atoms with Gasteiger partial charge in [-0.2, -0.15) is 0 Å². The third kappa shape index (κ3) is 2.51. The number of aliphatic hydroxyl groups is 3. The Kier molecular flexibility index (Phi) is 4.28. The van der Waals surface area contributed by atoms with Gasteiger partial charge in [0.1, 0.15) is 23.9 Å². The minimum absolute atomic E-state index is 0.0205. The van der Waals surface area contributed by atoms with Gasteiger partial charge in [-0.05, 0) is 6.20 Å². The molecule has 0 aliphatic carbocycles. The monoisotopic (exact) mass is 299 g/mol. The lowest BCUT2D eigenvalue weighted by atomic mass is 9.85. The Hall–Kier alpha value is -1.94. The first kappa shape index (κ1) is 15.4. The van der Waals surface area contributed by atoms with E-state index in [0.717, 1.165) is 6.20 Å². The fourth-order valence-corrected chi connectivity index (χ4v) is 2.50. The fraction of sp³-hybridized carbons (Fsp3) is 0.500. The third-order valence-corrected chi connectivity index (χ3v) is 3.56. The minimum Gasteiger partial charge on any atom is -0.405 e. The Balaban J connectivity index is 2.57. The number of hydrogen-bond donors (Lipinski definition) is 6. The quantitative estimate of drug-likeness (QED) is 0.350. The molecule has 0 bridgehead atoms. The maximum Gasteiger partial charge on any atom is 0.325 e. The van der Waals surface area contributed by atoms with Gasteiger partial charge in [0.05, 0.1) is 12.2 Å². The summed E-state index contributed by atoms with van der Waals surface area (Å²) in [7, 11) is 0. The van der Waals surface area contributed by atoms with Crippen LogP contribution in [-0.2, 0) is 10.3 Å². The molecule has 0 spiro atoms. The standard InChI is InChI=1S/C12H17N3O6/c13-3-1-2-12(6-4-14-11(20)15-10(6)19)9(18)8(17)7(5-16)21-12/h1,3-4,7-9,16-18H,2,5,13H2,(H2,14,15,19,20)/t7-,8-,9-,12+/m1/s1. The SMILES string of the molecule is NC=CC[C@@]1(c2c[nH]c(=O)[nH]c2=O)O[C@H](CO)[C@@H](O)[C@H]1O. The van der Waals surface area contributed by atoms with Crippen LogP contribution in [0.3, 0.4) is 0 Å². The lowest BCUT2D eigenvalue weighted by Gasteiger charge is -2.30. The molecule has 1 aliphatic heterocycles. The molecule has 116 valence electrons. The summed E-state index contributed by atoms with van der Waals surface area (Å²) >= 11 is 0. The molecule has 0 radical (unpaired) electrons. The van der Waals surface area contributed by atoms with Crippen molar-refractivity contribution in [1.82, 2.24) is 9.97 Å². The molecule has 1 aromatic heterocycles. The molecule has 1 fully saturated rings. The highest BCUT2D eigenvalue weighted by Crippen LogP contribution is 2.41. The average Bonchev–Trinajstić information content (AvgIpc) is 2.70. The second-order valence-electron chi connectivity index (χ2n) is 4.78. The van der Waals surface area contributed by atoms with E-state index in [1.165, 1.54) is 12.3 Å². The fourth-order valence-electron chi connectivity index (χ4n) is 2.50. The molecular weight excluding hydrogens is 282 g/mol. The summed E-state index contributed by atoms with van der Waals surface area (Å²) < 4.78 is 5.53. The van der Waals surface area contributed by atoms with E-state index in [1.807, 2.05) is 4.98 Å². The van der Waals surface area contributed by atoms with Gasteiger partial charge in [0, 0.05) is 12.6 Å². The van der Waals surface area contributed by atoms with Gasteiger partial charge < -0.3 is 30.8 Å². The van der Waals surface area contributed by atoms with E-state index >= 15 is 0 Å². The summed E-state index contributed by atoms with van der Waals surface area (Å²) in [6, 6.07) is 0. The summed E-state index contributed by atoms with van der Waals surface area (Å²) in [4.78, 5) is 27.4. The Bertz CT molecular complexity index is 638. The second kappa shape index (κ2) is 5.82. The zero-order valence-corrected chi connectivity index (χ0v) is 11.0. The van der Waals surface area contributed by atoms with Crippen molar-refractivity contribution in [1.29, 1.82) is 0 Å². The largest absolute Gasteiger partial charge is 0.405 e. The topological polar surface area (TPSA) is 162 Å². The molecule has 9 heteroatoms. The Morgan fingerprint density at radius 2 is 2.14 bits per heavy atom. The van der Waals surface area contributed by atoms with Crippen LogP contribution in [0.25, 0.3) is 0 Å². The van der Waals surface area contributed by atoms with E-state index in [-0.39, 0.29) is 12.0 Å². The van der Waals surface area contributed by atoms with Gasteiger partial charge in [0.15, 0.2) is 0 Å². The molecule has 7 N–H and O–H groups in total. The molecule has 1 aromatic rings. The van der Waals surface area contributed by atoms with E-state index in [1.54, 1.807) is 0 Å². The van der Waals surface area contributed by atoms with Crippen LogP contribution < -0.4 is 17.0 Å². The van der Waals surface area contributed by atoms with Gasteiger partial charge in [0.2, 0.25) is 0 Å². The molecule has 2 rings (SSSR count). The summed E-state index contributed by atoms with van der Waals surface area (Å²) in [6.07, 6.45) is -0.173. The first-order valence-corrected chi connectivity index (χ1v) is 6.30. The maximum absolute atomic E-state index is 12.0. The van der Waals surface area contributed by atoms with E-state index in [4.69, 9.17) is 10.5 Å². The number of ether oxygens (including phenoxy) is 1. The van der Waals surface area contributed by atoms with Crippen LogP contribution in [0.1, 0.15) is 12.0 Å². The van der Waals surface area contributed by atoms with Crippen molar-refractivity contribution < 1.29 is 20.1 Å². The number of aliphatic hydroxyl groups excluding tert-OH is 3. The molecule has 0 unspecified atom stereocenters. The molecule has 0 aromatic carbocycles. The van der Waals surface area contributed by atoms with Crippen LogP contribution >= 0.6 is 0 Å². The Morgan fingerprint density at radius 3 is 2.67 bits per heavy atom. The van der Waals surface area contributed by atoms with E-state index in [2.05, 4.69) is 4.98 Å². The third-order valence-electron chi connectivity index (χ3n) is 3.56. The first-order valence-electron chi connectivity index (χ1n) is 6.30. The molecule has 21 heavy (non-hydrogen) atoms. The normalized spacial score (nSPS) is 32.8. The molecule has 4 atom stereocenters. The highest BCUT2D eigenvalue weighted by atomic mass is 16.6. The lowest BCUT2D eigenvalue weighted by Crippen LogP contribution is -2.45. The van der Waals surface area contributed by atoms with Crippen molar-refractivity contribution in [2.45, 2.75) is 30.3 Å². The average molecular weight is 299 g/mol. The van der Waals surface area contributed by atoms with Gasteiger partial charge in [-0.25, -0.2) is 4.79 Å². The summed E-state index contributed by atoms with van der Waals surface area (Å²) in [5.74, 6) is 0. The van der Waals surface area contributed by atoms with Crippen LogP contribution in [-0.4, -0.2) is 50.2 Å². The second-order valence-corrected chi connectivity index (χ2v) is 4.78. The summed E-state index contributed by atoms with van der Waals surface area (Å²) in [5.41, 5.74) is 2.14. The number of rotatable bonds is 4. The van der Waals surface area contributed by atoms with Crippen molar-refractivity contribution in [3.63, 3.8) is 0 Å². The number of H-pyrrole nitrogens is 2. The number of nitrogens with one attached hydrogen (secondary N) is 2. The molecular formula is C12H17N3O6. The van der Waals surface area contributed by atoms with E-state index < -0.39 is 41.8 Å². The van der Waals surface area contributed by atoms with Crippen molar-refractivity contribution >= 4 is 0 Å². The molecule has 1 aliphatic rings. The smallest absolute Gasteiger partial charge is 0.325 e. The maximum atomic E-state index is 12.0. The van der Waals surface area contributed by atoms with E-state index in [9.17, 15) is 24.9 Å². The number of aromatic amines is 2. The van der Waals surface area contributed by atoms with Crippen molar-refractivity contribution in [3.8, 4) is 0 Å². The summed E-state index contributed by atoms with van der Waals surface area (Å²) in [5, 5.41) is 29.4. The van der Waals surface area contributed by atoms with Gasteiger partial charge in [-0.3, -0.25) is 9.78 Å². The van der Waals surface area contributed by atoms with Crippen LogP contribution in [0, 0.1) is 0 Å². The molecule has 0 saturated carbocycles. The molecule has 9 nitrogen and oxygen atoms in total. The first-order chi connectivity index (χ1) is 9.96. The molecule has 1 saturated heterocycles. The van der Waals surface area contributed by atoms with Gasteiger partial charge in [-0.15, -0.1) is 0 Å². The number of hydrogen-bond acceptors (Lipinski definition) is 7. The van der Waals surface area contributed by atoms with Gasteiger partial charge in [-0.1, -0.05) is 6.08 Å². The zero-order valence-electron chi connectivity index (χ0n) is 11.0.